The van der Waals surface area contributed by atoms with E-state index in [1.165, 1.54) is 5.56 Å². The number of halogens is 1. The van der Waals surface area contributed by atoms with Crippen LogP contribution < -0.4 is 15.1 Å². The number of hydrogen-bond donors (Lipinski definition) is 1. The largest absolute Gasteiger partial charge is 0.368 e. The molecule has 2 aromatic carbocycles. The van der Waals surface area contributed by atoms with Gasteiger partial charge in [0.15, 0.2) is 0 Å². The molecule has 3 heterocycles. The third kappa shape index (κ3) is 4.12. The van der Waals surface area contributed by atoms with E-state index in [1.807, 2.05) is 48.6 Å². The maximum absolute atomic E-state index is 13.1. The minimum Gasteiger partial charge on any atom is -0.368 e. The standard InChI is InChI=1S/C24H27BrN6O/c1-28-9-11-30(12-10-28)23-14-22-18(13-21(23)25)7-8-31(22)24(32)27-20-5-3-17(4-6-20)19-15-26-29(2)16-19/h3-6,13-16H,7-12H2,1-2H3,(H,27,32). The van der Waals surface area contributed by atoms with Crippen molar-refractivity contribution in [1.82, 2.24) is 14.7 Å². The fraction of sp³-hybridized carbons (Fsp3) is 0.333. The minimum atomic E-state index is -0.0930. The lowest BCUT2D eigenvalue weighted by molar-refractivity contribution is 0.257. The van der Waals surface area contributed by atoms with E-state index >= 15 is 0 Å². The van der Waals surface area contributed by atoms with Gasteiger partial charge in [-0.3, -0.25) is 9.58 Å². The van der Waals surface area contributed by atoms with Gasteiger partial charge in [-0.1, -0.05) is 12.1 Å². The number of nitrogens with one attached hydrogen (secondary N) is 1. The van der Waals surface area contributed by atoms with E-state index in [0.717, 1.165) is 65.3 Å². The Bertz CT molecular complexity index is 1130. The number of carbonyl (C=O) groups excluding carboxylic acids is 1. The topological polar surface area (TPSA) is 56.6 Å². The number of urea groups is 1. The van der Waals surface area contributed by atoms with Crippen LogP contribution in [0.3, 0.4) is 0 Å². The van der Waals surface area contributed by atoms with E-state index in [9.17, 15) is 4.79 Å². The molecule has 0 atom stereocenters. The average molecular weight is 495 g/mol. The van der Waals surface area contributed by atoms with E-state index in [0.29, 0.717) is 6.54 Å². The van der Waals surface area contributed by atoms with Crippen LogP contribution in [-0.2, 0) is 13.5 Å². The van der Waals surface area contributed by atoms with Crippen LogP contribution in [0, 0.1) is 0 Å². The highest BCUT2D eigenvalue weighted by atomic mass is 79.9. The van der Waals surface area contributed by atoms with Crippen LogP contribution in [0.2, 0.25) is 0 Å². The second-order valence-corrected chi connectivity index (χ2v) is 9.39. The van der Waals surface area contributed by atoms with Crippen molar-refractivity contribution in [3.8, 4) is 11.1 Å². The predicted molar refractivity (Wildman–Crippen MR) is 133 cm³/mol. The van der Waals surface area contributed by atoms with Crippen LogP contribution in [0.25, 0.3) is 11.1 Å². The number of aromatic nitrogens is 2. The molecular formula is C24H27BrN6O. The first-order valence-electron chi connectivity index (χ1n) is 10.9. The molecular weight excluding hydrogens is 468 g/mol. The van der Waals surface area contributed by atoms with Gasteiger partial charge in [0.1, 0.15) is 0 Å². The lowest BCUT2D eigenvalue weighted by Crippen LogP contribution is -2.44. The summed E-state index contributed by atoms with van der Waals surface area (Å²) in [5.41, 5.74) is 6.29. The number of anilines is 3. The van der Waals surface area contributed by atoms with Gasteiger partial charge in [0.2, 0.25) is 0 Å². The number of hydrogen-bond acceptors (Lipinski definition) is 4. The fourth-order valence-electron chi connectivity index (χ4n) is 4.40. The predicted octanol–water partition coefficient (Wildman–Crippen LogP) is 4.20. The van der Waals surface area contributed by atoms with Gasteiger partial charge < -0.3 is 15.1 Å². The maximum Gasteiger partial charge on any atom is 0.326 e. The van der Waals surface area contributed by atoms with Crippen LogP contribution in [0.5, 0.6) is 0 Å². The maximum atomic E-state index is 13.1. The Kier molecular flexibility index (Phi) is 5.65. The number of rotatable bonds is 3. The number of nitrogens with zero attached hydrogens (tertiary/aromatic N) is 5. The third-order valence-corrected chi connectivity index (χ3v) is 6.94. The van der Waals surface area contributed by atoms with E-state index in [-0.39, 0.29) is 6.03 Å². The molecule has 7 nitrogen and oxygen atoms in total. The first kappa shape index (κ1) is 21.0. The number of likely N-dealkylation sites (N-methyl/N-ethyl adjacent to an activating group) is 1. The molecule has 0 bridgehead atoms. The highest BCUT2D eigenvalue weighted by Crippen LogP contribution is 2.38. The first-order chi connectivity index (χ1) is 15.5. The number of amides is 2. The summed E-state index contributed by atoms with van der Waals surface area (Å²) >= 11 is 3.76. The van der Waals surface area contributed by atoms with Crippen LogP contribution in [-0.4, -0.2) is 60.5 Å². The Morgan fingerprint density at radius 3 is 2.41 bits per heavy atom. The first-order valence-corrected chi connectivity index (χ1v) is 11.7. The van der Waals surface area contributed by atoms with Crippen molar-refractivity contribution in [3.63, 3.8) is 0 Å². The number of aryl methyl sites for hydroxylation is 1. The zero-order chi connectivity index (χ0) is 22.2. The number of carbonyl (C=O) groups is 1. The van der Waals surface area contributed by atoms with Gasteiger partial charge in [-0.15, -0.1) is 0 Å². The molecule has 1 saturated heterocycles. The molecule has 0 saturated carbocycles. The molecule has 1 aromatic heterocycles. The summed E-state index contributed by atoms with van der Waals surface area (Å²) < 4.78 is 2.89. The lowest BCUT2D eigenvalue weighted by atomic mass is 10.1. The van der Waals surface area contributed by atoms with Gasteiger partial charge in [-0.05, 0) is 64.8 Å². The van der Waals surface area contributed by atoms with Crippen LogP contribution in [0.1, 0.15) is 5.56 Å². The quantitative estimate of drug-likeness (QED) is 0.592. The van der Waals surface area contributed by atoms with Crippen molar-refractivity contribution in [1.29, 1.82) is 0 Å². The lowest BCUT2D eigenvalue weighted by Gasteiger charge is -2.35. The molecule has 0 spiro atoms. The van der Waals surface area contributed by atoms with Crippen molar-refractivity contribution < 1.29 is 4.79 Å². The summed E-state index contributed by atoms with van der Waals surface area (Å²) in [5, 5.41) is 7.28. The molecule has 1 fully saturated rings. The summed E-state index contributed by atoms with van der Waals surface area (Å²) in [7, 11) is 4.06. The monoisotopic (exact) mass is 494 g/mol. The molecule has 2 aliphatic heterocycles. The second kappa shape index (κ2) is 8.60. The Morgan fingerprint density at radius 1 is 0.969 bits per heavy atom. The van der Waals surface area contributed by atoms with Gasteiger partial charge in [-0.2, -0.15) is 5.10 Å². The smallest absolute Gasteiger partial charge is 0.326 e. The zero-order valence-corrected chi connectivity index (χ0v) is 20.0. The van der Waals surface area contributed by atoms with Gasteiger partial charge >= 0.3 is 6.03 Å². The molecule has 5 rings (SSSR count). The highest BCUT2D eigenvalue weighted by Gasteiger charge is 2.28. The third-order valence-electron chi connectivity index (χ3n) is 6.31. The van der Waals surface area contributed by atoms with E-state index in [4.69, 9.17) is 0 Å². The molecule has 2 amide bonds. The number of piperazine rings is 1. The van der Waals surface area contributed by atoms with Crippen molar-refractivity contribution in [3.05, 3.63) is 58.8 Å². The molecule has 32 heavy (non-hydrogen) atoms. The van der Waals surface area contributed by atoms with E-state index < -0.39 is 0 Å². The summed E-state index contributed by atoms with van der Waals surface area (Å²) in [6.07, 6.45) is 4.68. The van der Waals surface area contributed by atoms with Gasteiger partial charge in [0, 0.05) is 61.7 Å². The van der Waals surface area contributed by atoms with Crippen molar-refractivity contribution >= 4 is 39.0 Å². The van der Waals surface area contributed by atoms with Crippen molar-refractivity contribution in [2.45, 2.75) is 6.42 Å². The molecule has 2 aliphatic rings. The molecule has 8 heteroatoms. The molecule has 166 valence electrons. The van der Waals surface area contributed by atoms with Gasteiger partial charge in [-0.25, -0.2) is 4.79 Å². The average Bonchev–Trinajstić information content (AvgIpc) is 3.40. The normalized spacial score (nSPS) is 16.3. The number of benzene rings is 2. The second-order valence-electron chi connectivity index (χ2n) is 8.53. The van der Waals surface area contributed by atoms with Gasteiger partial charge in [0.25, 0.3) is 0 Å². The highest BCUT2D eigenvalue weighted by molar-refractivity contribution is 9.10. The SMILES string of the molecule is CN1CCN(c2cc3c(cc2Br)CCN3C(=O)Nc2ccc(-c3cnn(C)c3)cc2)CC1. The molecule has 0 aliphatic carbocycles. The Hall–Kier alpha value is -2.84. The van der Waals surface area contributed by atoms with Crippen LogP contribution in [0.4, 0.5) is 21.9 Å². The molecule has 0 radical (unpaired) electrons. The van der Waals surface area contributed by atoms with E-state index in [1.54, 1.807) is 4.68 Å². The zero-order valence-electron chi connectivity index (χ0n) is 18.4. The van der Waals surface area contributed by atoms with Crippen molar-refractivity contribution in [2.24, 2.45) is 7.05 Å². The molecule has 3 aromatic rings. The van der Waals surface area contributed by atoms with Crippen LogP contribution >= 0.6 is 15.9 Å². The number of fused-ring (bicyclic) bond motifs is 1. The summed E-state index contributed by atoms with van der Waals surface area (Å²) in [5.74, 6) is 0. The molecule has 0 unspecified atom stereocenters. The fourth-order valence-corrected chi connectivity index (χ4v) is 5.05. The minimum absolute atomic E-state index is 0.0930. The Morgan fingerprint density at radius 2 is 1.72 bits per heavy atom. The molecule has 1 N–H and O–H groups in total. The van der Waals surface area contributed by atoms with Gasteiger partial charge in [0.05, 0.1) is 17.6 Å². The van der Waals surface area contributed by atoms with Crippen molar-refractivity contribution in [2.75, 3.05) is 54.9 Å². The summed E-state index contributed by atoms with van der Waals surface area (Å²) in [4.78, 5) is 19.7. The Balaban J connectivity index is 1.32. The Labute approximate surface area is 196 Å². The summed E-state index contributed by atoms with van der Waals surface area (Å²) in [6, 6.07) is 12.1. The summed E-state index contributed by atoms with van der Waals surface area (Å²) in [6.45, 7) is 4.76. The van der Waals surface area contributed by atoms with E-state index in [2.05, 4.69) is 55.3 Å². The van der Waals surface area contributed by atoms with Crippen LogP contribution in [0.15, 0.2) is 53.3 Å².